The zero-order valence-electron chi connectivity index (χ0n) is 15.2. The molecule has 0 unspecified atom stereocenters. The molecule has 3 aromatic heterocycles. The van der Waals surface area contributed by atoms with Gasteiger partial charge in [-0.2, -0.15) is 4.52 Å². The second-order valence-corrected chi connectivity index (χ2v) is 8.18. The van der Waals surface area contributed by atoms with Crippen molar-refractivity contribution in [1.29, 1.82) is 0 Å². The highest BCUT2D eigenvalue weighted by atomic mass is 32.1. The van der Waals surface area contributed by atoms with Gasteiger partial charge in [-0.15, -0.1) is 26.6 Å². The number of hydrogen-bond donors (Lipinski definition) is 0. The Hall–Kier alpha value is -2.48. The molecule has 0 saturated carbocycles. The van der Waals surface area contributed by atoms with E-state index in [0.29, 0.717) is 0 Å². The van der Waals surface area contributed by atoms with Gasteiger partial charge in [-0.25, -0.2) is 0 Å². The summed E-state index contributed by atoms with van der Waals surface area (Å²) in [5.41, 5.74) is 0.762. The molecule has 0 bridgehead atoms. The molecule has 136 valence electrons. The average Bonchev–Trinajstić information content (AvgIpc) is 3.27. The van der Waals surface area contributed by atoms with Crippen molar-refractivity contribution in [1.82, 2.24) is 24.7 Å². The Bertz CT molecular complexity index is 938. The van der Waals surface area contributed by atoms with Crippen LogP contribution in [0.4, 0.5) is 5.82 Å². The fraction of sp³-hybridized carbons (Fsp3) is 0.444. The van der Waals surface area contributed by atoms with Crippen molar-refractivity contribution in [2.75, 3.05) is 32.1 Å². The number of amides is 1. The monoisotopic (exact) mass is 370 g/mol. The van der Waals surface area contributed by atoms with Gasteiger partial charge in [0, 0.05) is 38.0 Å². The summed E-state index contributed by atoms with van der Waals surface area (Å²) < 4.78 is 1.85. The molecule has 4 heterocycles. The van der Waals surface area contributed by atoms with E-state index in [0.717, 1.165) is 48.1 Å². The van der Waals surface area contributed by atoms with E-state index in [1.807, 2.05) is 59.6 Å². The van der Waals surface area contributed by atoms with Crippen LogP contribution in [0.2, 0.25) is 0 Å². The van der Waals surface area contributed by atoms with Crippen molar-refractivity contribution >= 4 is 28.7 Å². The number of fused-ring (bicyclic) bond motifs is 1. The van der Waals surface area contributed by atoms with Gasteiger partial charge in [-0.1, -0.05) is 0 Å². The third kappa shape index (κ3) is 3.05. The number of rotatable bonds is 3. The molecule has 1 aliphatic rings. The Labute approximate surface area is 156 Å². The number of aromatic nitrogens is 4. The van der Waals surface area contributed by atoms with Crippen molar-refractivity contribution in [3.63, 3.8) is 0 Å². The minimum atomic E-state index is 0.140. The molecule has 1 aliphatic heterocycles. The molecule has 0 N–H and O–H groups in total. The number of carbonyl (C=O) groups excluding carboxylic acids is 1. The smallest absolute Gasteiger partial charge is 0.263 e. The molecule has 1 fully saturated rings. The van der Waals surface area contributed by atoms with Crippen LogP contribution >= 0.6 is 11.3 Å². The van der Waals surface area contributed by atoms with Gasteiger partial charge < -0.3 is 9.80 Å². The number of piperidine rings is 1. The van der Waals surface area contributed by atoms with Crippen molar-refractivity contribution in [3.8, 4) is 0 Å². The Morgan fingerprint density at radius 3 is 2.58 bits per heavy atom. The van der Waals surface area contributed by atoms with E-state index in [1.165, 1.54) is 4.88 Å². The van der Waals surface area contributed by atoms with Crippen molar-refractivity contribution in [2.45, 2.75) is 25.7 Å². The number of nitrogens with zero attached hydrogens (tertiary/aromatic N) is 6. The van der Waals surface area contributed by atoms with Crippen LogP contribution in [0, 0.1) is 6.92 Å². The highest BCUT2D eigenvalue weighted by molar-refractivity contribution is 7.13. The largest absolute Gasteiger partial charge is 0.361 e. The number of likely N-dealkylation sites (tertiary alicyclic amines) is 1. The van der Waals surface area contributed by atoms with Gasteiger partial charge >= 0.3 is 0 Å². The quantitative estimate of drug-likeness (QED) is 0.709. The molecule has 4 rings (SSSR count). The van der Waals surface area contributed by atoms with E-state index >= 15 is 0 Å². The molecule has 7 nitrogen and oxygen atoms in total. The van der Waals surface area contributed by atoms with Gasteiger partial charge in [0.15, 0.2) is 11.5 Å². The Morgan fingerprint density at radius 2 is 1.92 bits per heavy atom. The van der Waals surface area contributed by atoms with E-state index in [-0.39, 0.29) is 11.8 Å². The number of carbonyl (C=O) groups is 1. The Kier molecular flexibility index (Phi) is 4.36. The normalized spacial score (nSPS) is 15.6. The summed E-state index contributed by atoms with van der Waals surface area (Å²) in [6, 6.07) is 7.81. The van der Waals surface area contributed by atoms with E-state index in [1.54, 1.807) is 11.3 Å². The average molecular weight is 370 g/mol. The molecule has 0 atom stereocenters. The standard InChI is InChI=1S/C18H22N6OS/c1-12-4-5-14(26-12)18(25)23-10-8-13(9-11-23)17-20-19-15-6-7-16(22(2)3)21-24(15)17/h4-7,13H,8-11H2,1-3H3. The molecular formula is C18H22N6OS. The summed E-state index contributed by atoms with van der Waals surface area (Å²) in [5, 5.41) is 13.3. The minimum Gasteiger partial charge on any atom is -0.361 e. The van der Waals surface area contributed by atoms with Crippen LogP contribution in [-0.4, -0.2) is 57.8 Å². The number of hydrogen-bond acceptors (Lipinski definition) is 6. The number of anilines is 1. The summed E-state index contributed by atoms with van der Waals surface area (Å²) >= 11 is 1.56. The third-order valence-corrected chi connectivity index (χ3v) is 5.82. The molecule has 3 aromatic rings. The van der Waals surface area contributed by atoms with E-state index in [2.05, 4.69) is 15.3 Å². The predicted molar refractivity (Wildman–Crippen MR) is 102 cm³/mol. The van der Waals surface area contributed by atoms with Crippen LogP contribution < -0.4 is 4.90 Å². The van der Waals surface area contributed by atoms with Crippen molar-refractivity contribution in [3.05, 3.63) is 39.8 Å². The first-order valence-corrected chi connectivity index (χ1v) is 9.60. The maximum Gasteiger partial charge on any atom is 0.263 e. The molecule has 26 heavy (non-hydrogen) atoms. The van der Waals surface area contributed by atoms with Gasteiger partial charge in [0.2, 0.25) is 0 Å². The highest BCUT2D eigenvalue weighted by Gasteiger charge is 2.28. The number of thiophene rings is 1. The first kappa shape index (κ1) is 17.0. The lowest BCUT2D eigenvalue weighted by Gasteiger charge is -2.30. The van der Waals surface area contributed by atoms with Gasteiger partial charge in [-0.3, -0.25) is 4.79 Å². The van der Waals surface area contributed by atoms with Crippen LogP contribution in [0.15, 0.2) is 24.3 Å². The minimum absolute atomic E-state index is 0.140. The second-order valence-electron chi connectivity index (χ2n) is 6.89. The fourth-order valence-electron chi connectivity index (χ4n) is 3.33. The molecule has 1 saturated heterocycles. The fourth-order valence-corrected chi connectivity index (χ4v) is 4.17. The van der Waals surface area contributed by atoms with Crippen LogP contribution in [0.5, 0.6) is 0 Å². The number of aryl methyl sites for hydroxylation is 1. The predicted octanol–water partition coefficient (Wildman–Crippen LogP) is 2.58. The zero-order valence-corrected chi connectivity index (χ0v) is 16.0. The first-order valence-electron chi connectivity index (χ1n) is 8.78. The lowest BCUT2D eigenvalue weighted by Crippen LogP contribution is -2.38. The van der Waals surface area contributed by atoms with Gasteiger partial charge in [0.05, 0.1) is 4.88 Å². The Balaban J connectivity index is 1.50. The summed E-state index contributed by atoms with van der Waals surface area (Å²) in [6.45, 7) is 3.50. The maximum atomic E-state index is 12.6. The maximum absolute atomic E-state index is 12.6. The highest BCUT2D eigenvalue weighted by Crippen LogP contribution is 2.28. The summed E-state index contributed by atoms with van der Waals surface area (Å²) in [4.78, 5) is 18.5. The lowest BCUT2D eigenvalue weighted by molar-refractivity contribution is 0.0715. The van der Waals surface area contributed by atoms with E-state index in [9.17, 15) is 4.79 Å². The molecule has 0 spiro atoms. The van der Waals surface area contributed by atoms with Gasteiger partial charge in [-0.05, 0) is 44.0 Å². The van der Waals surface area contributed by atoms with Gasteiger partial charge in [0.1, 0.15) is 5.82 Å². The summed E-state index contributed by atoms with van der Waals surface area (Å²) in [7, 11) is 3.93. The van der Waals surface area contributed by atoms with Crippen LogP contribution in [0.1, 0.15) is 39.1 Å². The van der Waals surface area contributed by atoms with E-state index < -0.39 is 0 Å². The topological polar surface area (TPSA) is 66.6 Å². The van der Waals surface area contributed by atoms with Crippen molar-refractivity contribution < 1.29 is 4.79 Å². The van der Waals surface area contributed by atoms with Crippen LogP contribution in [0.3, 0.4) is 0 Å². The van der Waals surface area contributed by atoms with Crippen molar-refractivity contribution in [2.24, 2.45) is 0 Å². The molecule has 8 heteroatoms. The summed E-state index contributed by atoms with van der Waals surface area (Å²) in [5.74, 6) is 2.17. The molecule has 0 radical (unpaired) electrons. The summed E-state index contributed by atoms with van der Waals surface area (Å²) in [6.07, 6.45) is 1.76. The van der Waals surface area contributed by atoms with Crippen LogP contribution in [-0.2, 0) is 0 Å². The van der Waals surface area contributed by atoms with E-state index in [4.69, 9.17) is 0 Å². The second kappa shape index (κ2) is 6.68. The molecular weight excluding hydrogens is 348 g/mol. The SMILES string of the molecule is Cc1ccc(C(=O)N2CCC(c3nnc4ccc(N(C)C)nn34)CC2)s1. The molecule has 1 amide bonds. The third-order valence-electron chi connectivity index (χ3n) is 4.83. The van der Waals surface area contributed by atoms with Crippen LogP contribution in [0.25, 0.3) is 5.65 Å². The lowest BCUT2D eigenvalue weighted by atomic mass is 9.96. The zero-order chi connectivity index (χ0) is 18.3. The molecule has 0 aliphatic carbocycles. The first-order chi connectivity index (χ1) is 12.5. The van der Waals surface area contributed by atoms with Gasteiger partial charge in [0.25, 0.3) is 5.91 Å². The molecule has 0 aromatic carbocycles. The Morgan fingerprint density at radius 1 is 1.15 bits per heavy atom.